The molecule has 0 spiro atoms. The van der Waals surface area contributed by atoms with E-state index in [1.807, 2.05) is 31.2 Å². The summed E-state index contributed by atoms with van der Waals surface area (Å²) in [5.41, 5.74) is 3.27. The normalized spacial score (nSPS) is 15.1. The predicted molar refractivity (Wildman–Crippen MR) is 139 cm³/mol. The Morgan fingerprint density at radius 1 is 1.03 bits per heavy atom. The number of rotatable bonds is 7. The van der Waals surface area contributed by atoms with Crippen LogP contribution in [0.3, 0.4) is 0 Å². The molecule has 0 bridgehead atoms. The quantitative estimate of drug-likeness (QED) is 0.459. The largest absolute Gasteiger partial charge is 0.465 e. The molecular weight excluding hydrogens is 494 g/mol. The highest BCUT2D eigenvalue weighted by Crippen LogP contribution is 2.29. The van der Waals surface area contributed by atoms with Crippen LogP contribution in [-0.2, 0) is 19.6 Å². The van der Waals surface area contributed by atoms with E-state index in [1.165, 1.54) is 11.4 Å². The molecule has 1 fully saturated rings. The summed E-state index contributed by atoms with van der Waals surface area (Å²) < 4.78 is 38.4. The molecule has 1 aromatic heterocycles. The summed E-state index contributed by atoms with van der Waals surface area (Å²) in [4.78, 5) is 24.4. The Morgan fingerprint density at radius 2 is 1.68 bits per heavy atom. The van der Waals surface area contributed by atoms with Crippen molar-refractivity contribution in [3.8, 4) is 0 Å². The van der Waals surface area contributed by atoms with Crippen molar-refractivity contribution in [2.75, 3.05) is 25.5 Å². The highest BCUT2D eigenvalue weighted by atomic mass is 32.2. The lowest BCUT2D eigenvalue weighted by Crippen LogP contribution is -2.41. The van der Waals surface area contributed by atoms with Gasteiger partial charge in [0.2, 0.25) is 15.9 Å². The van der Waals surface area contributed by atoms with Crippen LogP contribution in [0.25, 0.3) is 12.2 Å². The first-order valence-electron chi connectivity index (χ1n) is 11.9. The predicted octanol–water partition coefficient (Wildman–Crippen LogP) is 4.29. The van der Waals surface area contributed by atoms with Gasteiger partial charge in [-0.15, -0.1) is 0 Å². The number of hydrogen-bond acceptors (Lipinski definition) is 7. The number of methoxy groups -OCH3 is 1. The van der Waals surface area contributed by atoms with Crippen LogP contribution in [0.2, 0.25) is 0 Å². The first-order valence-corrected chi connectivity index (χ1v) is 13.3. The number of sulfonamides is 1. The minimum atomic E-state index is -3.86. The fourth-order valence-electron chi connectivity index (χ4n) is 4.19. The maximum Gasteiger partial charge on any atom is 0.337 e. The standard InChI is InChI=1S/C27H29N3O6S/c1-18-4-6-20(7-5-18)8-13-24-25(19(2)29-36-24)37(33,34)30-16-14-21(15-17-30)26(31)28-23-11-9-22(10-12-23)27(32)35-3/h4-13,21H,14-17H2,1-3H3,(H,28,31)/b13-8+. The molecule has 1 aliphatic rings. The lowest BCUT2D eigenvalue weighted by atomic mass is 9.97. The SMILES string of the molecule is COC(=O)c1ccc(NC(=O)C2CCN(S(=O)(=O)c3c(C)noc3/C=C/c3ccc(C)cc3)CC2)cc1. The zero-order valence-electron chi connectivity index (χ0n) is 20.9. The first-order chi connectivity index (χ1) is 17.7. The molecule has 9 nitrogen and oxygen atoms in total. The second-order valence-electron chi connectivity index (χ2n) is 8.94. The number of piperidine rings is 1. The number of carbonyl (C=O) groups excluding carboxylic acids is 2. The van der Waals surface area contributed by atoms with Crippen molar-refractivity contribution in [3.05, 3.63) is 76.7 Å². The lowest BCUT2D eigenvalue weighted by molar-refractivity contribution is -0.120. The van der Waals surface area contributed by atoms with Crippen LogP contribution in [0.1, 0.15) is 45.8 Å². The van der Waals surface area contributed by atoms with Gasteiger partial charge in [0.05, 0.1) is 12.7 Å². The van der Waals surface area contributed by atoms with Crippen LogP contribution >= 0.6 is 0 Å². The second-order valence-corrected chi connectivity index (χ2v) is 10.8. The fraction of sp³-hybridized carbons (Fsp3) is 0.296. The van der Waals surface area contributed by atoms with Gasteiger partial charge in [-0.2, -0.15) is 4.31 Å². The highest BCUT2D eigenvalue weighted by Gasteiger charge is 2.36. The van der Waals surface area contributed by atoms with E-state index >= 15 is 0 Å². The van der Waals surface area contributed by atoms with Crippen LogP contribution in [0.4, 0.5) is 5.69 Å². The number of amides is 1. The number of ether oxygens (including phenoxy) is 1. The Hall–Kier alpha value is -3.76. The molecule has 2 heterocycles. The van der Waals surface area contributed by atoms with E-state index in [4.69, 9.17) is 4.52 Å². The number of aryl methyl sites for hydroxylation is 2. The summed E-state index contributed by atoms with van der Waals surface area (Å²) in [6.45, 7) is 4.00. The van der Waals surface area contributed by atoms with Crippen molar-refractivity contribution in [3.63, 3.8) is 0 Å². The maximum absolute atomic E-state index is 13.5. The minimum Gasteiger partial charge on any atom is -0.465 e. The van der Waals surface area contributed by atoms with Crippen molar-refractivity contribution < 1.29 is 27.3 Å². The molecule has 1 amide bonds. The molecule has 0 atom stereocenters. The van der Waals surface area contributed by atoms with Crippen LogP contribution in [0.15, 0.2) is 57.9 Å². The van der Waals surface area contributed by atoms with Gasteiger partial charge in [-0.1, -0.05) is 41.1 Å². The zero-order valence-corrected chi connectivity index (χ0v) is 21.7. The molecule has 3 aromatic rings. The molecule has 1 saturated heterocycles. The Labute approximate surface area is 216 Å². The molecule has 0 unspecified atom stereocenters. The van der Waals surface area contributed by atoms with Crippen molar-refractivity contribution in [1.82, 2.24) is 9.46 Å². The summed E-state index contributed by atoms with van der Waals surface area (Å²) >= 11 is 0. The van der Waals surface area contributed by atoms with Crippen molar-refractivity contribution in [1.29, 1.82) is 0 Å². The first kappa shape index (κ1) is 26.3. The van der Waals surface area contributed by atoms with Gasteiger partial charge < -0.3 is 14.6 Å². The summed E-state index contributed by atoms with van der Waals surface area (Å²) in [6.07, 6.45) is 4.16. The molecule has 1 N–H and O–H groups in total. The van der Waals surface area contributed by atoms with E-state index in [0.717, 1.165) is 11.1 Å². The van der Waals surface area contributed by atoms with E-state index in [-0.39, 0.29) is 35.6 Å². The van der Waals surface area contributed by atoms with Gasteiger partial charge in [0, 0.05) is 24.7 Å². The van der Waals surface area contributed by atoms with E-state index in [9.17, 15) is 18.0 Å². The smallest absolute Gasteiger partial charge is 0.337 e. The second kappa shape index (κ2) is 11.1. The Balaban J connectivity index is 1.40. The summed E-state index contributed by atoms with van der Waals surface area (Å²) in [5.74, 6) is -0.807. The average Bonchev–Trinajstić information content (AvgIpc) is 3.29. The molecule has 2 aromatic carbocycles. The minimum absolute atomic E-state index is 0.0458. The number of benzene rings is 2. The molecule has 194 valence electrons. The number of carbonyl (C=O) groups is 2. The molecule has 37 heavy (non-hydrogen) atoms. The van der Waals surface area contributed by atoms with Crippen molar-refractivity contribution in [2.45, 2.75) is 31.6 Å². The van der Waals surface area contributed by atoms with Gasteiger partial charge in [-0.05, 0) is 62.6 Å². The molecule has 0 saturated carbocycles. The van der Waals surface area contributed by atoms with E-state index < -0.39 is 16.0 Å². The van der Waals surface area contributed by atoms with Gasteiger partial charge in [0.1, 0.15) is 5.69 Å². The molecular formula is C27H29N3O6S. The Morgan fingerprint density at radius 3 is 2.30 bits per heavy atom. The third-order valence-corrected chi connectivity index (χ3v) is 8.39. The summed E-state index contributed by atoms with van der Waals surface area (Å²) in [6, 6.07) is 14.2. The molecule has 1 aliphatic heterocycles. The number of esters is 1. The van der Waals surface area contributed by atoms with Crippen molar-refractivity contribution in [2.24, 2.45) is 5.92 Å². The third kappa shape index (κ3) is 5.98. The third-order valence-electron chi connectivity index (χ3n) is 6.33. The van der Waals surface area contributed by atoms with Gasteiger partial charge in [0.25, 0.3) is 0 Å². The fourth-order valence-corrected chi connectivity index (χ4v) is 5.91. The topological polar surface area (TPSA) is 119 Å². The van der Waals surface area contributed by atoms with Gasteiger partial charge >= 0.3 is 5.97 Å². The van der Waals surface area contributed by atoms with Crippen LogP contribution < -0.4 is 5.32 Å². The van der Waals surface area contributed by atoms with Crippen molar-refractivity contribution >= 4 is 39.7 Å². The zero-order chi connectivity index (χ0) is 26.6. The van der Waals surface area contributed by atoms with Gasteiger partial charge in [0.15, 0.2) is 10.7 Å². The van der Waals surface area contributed by atoms with Crippen LogP contribution in [0, 0.1) is 19.8 Å². The Kier molecular flexibility index (Phi) is 7.89. The molecule has 10 heteroatoms. The van der Waals surface area contributed by atoms with E-state index in [1.54, 1.807) is 43.3 Å². The Bertz CT molecular complexity index is 1400. The molecule has 0 radical (unpaired) electrons. The highest BCUT2D eigenvalue weighted by molar-refractivity contribution is 7.89. The number of nitrogens with zero attached hydrogens (tertiary/aromatic N) is 2. The van der Waals surface area contributed by atoms with E-state index in [0.29, 0.717) is 29.8 Å². The molecule has 0 aliphatic carbocycles. The van der Waals surface area contributed by atoms with E-state index in [2.05, 4.69) is 15.2 Å². The lowest BCUT2D eigenvalue weighted by Gasteiger charge is -2.30. The molecule has 4 rings (SSSR count). The number of hydrogen-bond donors (Lipinski definition) is 1. The monoisotopic (exact) mass is 523 g/mol. The van der Waals surface area contributed by atoms with Gasteiger partial charge in [-0.25, -0.2) is 13.2 Å². The average molecular weight is 524 g/mol. The van der Waals surface area contributed by atoms with Crippen LogP contribution in [-0.4, -0.2) is 50.0 Å². The van der Waals surface area contributed by atoms with Crippen LogP contribution in [0.5, 0.6) is 0 Å². The number of aromatic nitrogens is 1. The van der Waals surface area contributed by atoms with Gasteiger partial charge in [-0.3, -0.25) is 4.79 Å². The maximum atomic E-state index is 13.5. The summed E-state index contributed by atoms with van der Waals surface area (Å²) in [7, 11) is -2.56. The number of nitrogens with one attached hydrogen (secondary N) is 1. The summed E-state index contributed by atoms with van der Waals surface area (Å²) in [5, 5.41) is 6.73. The number of anilines is 1.